The maximum absolute atomic E-state index is 13.2. The summed E-state index contributed by atoms with van der Waals surface area (Å²) in [5.41, 5.74) is 3.57. The van der Waals surface area contributed by atoms with E-state index in [-0.39, 0.29) is 12.4 Å². The zero-order valence-corrected chi connectivity index (χ0v) is 16.9. The number of rotatable bonds is 7. The number of aromatic nitrogens is 1. The van der Waals surface area contributed by atoms with E-state index in [0.29, 0.717) is 23.7 Å². The van der Waals surface area contributed by atoms with Crippen LogP contribution in [-0.4, -0.2) is 23.4 Å². The summed E-state index contributed by atoms with van der Waals surface area (Å²) in [5.74, 6) is -0.265. The molecule has 142 valence electrons. The number of thioether (sulfide) groups is 1. The molecule has 0 aliphatic carbocycles. The highest BCUT2D eigenvalue weighted by atomic mass is 35.5. The van der Waals surface area contributed by atoms with Gasteiger partial charge in [0.15, 0.2) is 0 Å². The van der Waals surface area contributed by atoms with Crippen LogP contribution in [0.15, 0.2) is 47.4 Å². The number of nitrogens with zero attached hydrogens (tertiary/aromatic N) is 1. The van der Waals surface area contributed by atoms with Crippen LogP contribution in [-0.2, 0) is 29.2 Å². The first-order chi connectivity index (χ1) is 13.1. The van der Waals surface area contributed by atoms with Crippen molar-refractivity contribution in [3.05, 3.63) is 64.3 Å². The molecule has 0 amide bonds. The monoisotopic (exact) mass is 405 g/mol. The summed E-state index contributed by atoms with van der Waals surface area (Å²) in [5, 5.41) is 1.64. The topological polar surface area (TPSA) is 31.2 Å². The van der Waals surface area contributed by atoms with Gasteiger partial charge in [0.2, 0.25) is 0 Å². The van der Waals surface area contributed by atoms with Crippen LogP contribution in [0.5, 0.6) is 0 Å². The molecule has 0 spiro atoms. The number of esters is 1. The predicted octanol–water partition coefficient (Wildman–Crippen LogP) is 5.64. The third kappa shape index (κ3) is 4.30. The van der Waals surface area contributed by atoms with Crippen LogP contribution in [0.2, 0.25) is 5.02 Å². The van der Waals surface area contributed by atoms with E-state index in [1.165, 1.54) is 0 Å². The second kappa shape index (κ2) is 8.81. The maximum atomic E-state index is 13.2. The van der Waals surface area contributed by atoms with Crippen molar-refractivity contribution in [1.29, 1.82) is 0 Å². The number of alkyl halides is 1. The van der Waals surface area contributed by atoms with Gasteiger partial charge in [-0.2, -0.15) is 0 Å². The number of hydrogen-bond acceptors (Lipinski definition) is 3. The van der Waals surface area contributed by atoms with Crippen LogP contribution < -0.4 is 0 Å². The molecule has 0 N–H and O–H groups in total. The summed E-state index contributed by atoms with van der Waals surface area (Å²) in [7, 11) is 0. The van der Waals surface area contributed by atoms with Gasteiger partial charge in [0, 0.05) is 33.1 Å². The fourth-order valence-corrected chi connectivity index (χ4v) is 4.14. The highest BCUT2D eigenvalue weighted by Gasteiger charge is 2.20. The zero-order chi connectivity index (χ0) is 19.4. The number of hydrogen-bond donors (Lipinski definition) is 0. The van der Waals surface area contributed by atoms with Crippen molar-refractivity contribution in [2.75, 3.05) is 12.9 Å². The molecule has 3 nitrogen and oxygen atoms in total. The fraction of sp³-hybridized carbons (Fsp3) is 0.286. The molecule has 0 fully saturated rings. The van der Waals surface area contributed by atoms with E-state index in [4.69, 9.17) is 16.3 Å². The summed E-state index contributed by atoms with van der Waals surface area (Å²) < 4.78 is 20.5. The second-order valence-corrected chi connectivity index (χ2v) is 7.41. The SMILES string of the molecule is CCOC(=O)Cc1c(SC)c2cc(CF)ccc2n1Cc1ccc(Cl)cc1. The van der Waals surface area contributed by atoms with Crippen molar-refractivity contribution in [2.24, 2.45) is 0 Å². The van der Waals surface area contributed by atoms with Crippen molar-refractivity contribution in [1.82, 2.24) is 4.57 Å². The van der Waals surface area contributed by atoms with Crippen molar-refractivity contribution in [3.8, 4) is 0 Å². The van der Waals surface area contributed by atoms with Crippen LogP contribution in [0.4, 0.5) is 4.39 Å². The first-order valence-corrected chi connectivity index (χ1v) is 10.3. The Bertz CT molecular complexity index is 953. The van der Waals surface area contributed by atoms with Gasteiger partial charge in [-0.25, -0.2) is 4.39 Å². The molecule has 0 saturated carbocycles. The molecule has 2 aromatic carbocycles. The number of carbonyl (C=O) groups is 1. The Morgan fingerprint density at radius 2 is 1.89 bits per heavy atom. The molecule has 0 unspecified atom stereocenters. The summed E-state index contributed by atoms with van der Waals surface area (Å²) in [6, 6.07) is 13.2. The molecule has 0 aliphatic heterocycles. The number of fused-ring (bicyclic) bond motifs is 1. The number of ether oxygens (including phenoxy) is 1. The number of halogens is 2. The third-order valence-corrected chi connectivity index (χ3v) is 5.53. The molecule has 6 heteroatoms. The molecule has 1 heterocycles. The highest BCUT2D eigenvalue weighted by molar-refractivity contribution is 7.98. The summed E-state index contributed by atoms with van der Waals surface area (Å²) in [4.78, 5) is 13.2. The minimum absolute atomic E-state index is 0.178. The van der Waals surface area contributed by atoms with E-state index < -0.39 is 6.67 Å². The molecule has 0 atom stereocenters. The van der Waals surface area contributed by atoms with Crippen molar-refractivity contribution < 1.29 is 13.9 Å². The molecular formula is C21H21ClFNO2S. The Morgan fingerprint density at radius 1 is 1.19 bits per heavy atom. The average molecular weight is 406 g/mol. The molecule has 0 saturated heterocycles. The summed E-state index contributed by atoms with van der Waals surface area (Å²) in [6.07, 6.45) is 2.15. The van der Waals surface area contributed by atoms with Gasteiger partial charge in [-0.05, 0) is 48.6 Å². The largest absolute Gasteiger partial charge is 0.466 e. The van der Waals surface area contributed by atoms with E-state index in [9.17, 15) is 9.18 Å². The van der Waals surface area contributed by atoms with Crippen LogP contribution >= 0.6 is 23.4 Å². The standard InChI is InChI=1S/C21H21ClFNO2S/c1-3-26-20(25)11-19-21(27-2)17-10-15(12-23)6-9-18(17)24(19)13-14-4-7-16(22)8-5-14/h4-10H,3,11-13H2,1-2H3. The number of benzene rings is 2. The Hall–Kier alpha value is -1.98. The average Bonchev–Trinajstić information content (AvgIpc) is 2.95. The molecule has 27 heavy (non-hydrogen) atoms. The molecule has 1 aromatic heterocycles. The lowest BCUT2D eigenvalue weighted by Crippen LogP contribution is -2.13. The Labute approximate surface area is 167 Å². The molecular weight excluding hydrogens is 385 g/mol. The lowest BCUT2D eigenvalue weighted by molar-refractivity contribution is -0.142. The Balaban J connectivity index is 2.14. The van der Waals surface area contributed by atoms with Crippen LogP contribution in [0.1, 0.15) is 23.7 Å². The first kappa shape index (κ1) is 19.8. The normalized spacial score (nSPS) is 11.1. The van der Waals surface area contributed by atoms with Gasteiger partial charge in [-0.15, -0.1) is 11.8 Å². The van der Waals surface area contributed by atoms with Crippen molar-refractivity contribution >= 4 is 40.2 Å². The van der Waals surface area contributed by atoms with Gasteiger partial charge < -0.3 is 9.30 Å². The first-order valence-electron chi connectivity index (χ1n) is 8.71. The van der Waals surface area contributed by atoms with E-state index in [1.54, 1.807) is 24.8 Å². The fourth-order valence-electron chi connectivity index (χ4n) is 3.21. The zero-order valence-electron chi connectivity index (χ0n) is 15.3. The van der Waals surface area contributed by atoms with E-state index >= 15 is 0 Å². The van der Waals surface area contributed by atoms with Crippen molar-refractivity contribution in [2.45, 2.75) is 31.5 Å². The molecule has 0 aliphatic rings. The van der Waals surface area contributed by atoms with Crippen LogP contribution in [0, 0.1) is 0 Å². The molecule has 3 aromatic rings. The van der Waals surface area contributed by atoms with Crippen LogP contribution in [0.25, 0.3) is 10.9 Å². The molecule has 3 rings (SSSR count). The van der Waals surface area contributed by atoms with E-state index in [0.717, 1.165) is 27.1 Å². The quantitative estimate of drug-likeness (QED) is 0.376. The van der Waals surface area contributed by atoms with Gasteiger partial charge in [0.1, 0.15) is 6.67 Å². The van der Waals surface area contributed by atoms with Gasteiger partial charge in [-0.1, -0.05) is 29.8 Å². The van der Waals surface area contributed by atoms with Crippen molar-refractivity contribution in [3.63, 3.8) is 0 Å². The molecule has 0 bridgehead atoms. The summed E-state index contributed by atoms with van der Waals surface area (Å²) >= 11 is 7.56. The van der Waals surface area contributed by atoms with Gasteiger partial charge in [-0.3, -0.25) is 4.79 Å². The van der Waals surface area contributed by atoms with Crippen LogP contribution in [0.3, 0.4) is 0 Å². The van der Waals surface area contributed by atoms with E-state index in [2.05, 4.69) is 4.57 Å². The minimum atomic E-state index is -0.515. The lowest BCUT2D eigenvalue weighted by atomic mass is 10.1. The second-order valence-electron chi connectivity index (χ2n) is 6.16. The number of carbonyl (C=O) groups excluding carboxylic acids is 1. The lowest BCUT2D eigenvalue weighted by Gasteiger charge is -2.12. The molecule has 0 radical (unpaired) electrons. The van der Waals surface area contributed by atoms with E-state index in [1.807, 2.05) is 42.7 Å². The Morgan fingerprint density at radius 3 is 2.52 bits per heavy atom. The van der Waals surface area contributed by atoms with Gasteiger partial charge >= 0.3 is 5.97 Å². The minimum Gasteiger partial charge on any atom is -0.466 e. The third-order valence-electron chi connectivity index (χ3n) is 4.41. The predicted molar refractivity (Wildman–Crippen MR) is 109 cm³/mol. The Kier molecular flexibility index (Phi) is 6.45. The smallest absolute Gasteiger partial charge is 0.311 e. The summed E-state index contributed by atoms with van der Waals surface area (Å²) in [6.45, 7) is 2.22. The highest BCUT2D eigenvalue weighted by Crippen LogP contribution is 2.35. The van der Waals surface area contributed by atoms with Gasteiger partial charge in [0.25, 0.3) is 0 Å². The maximum Gasteiger partial charge on any atom is 0.311 e. The van der Waals surface area contributed by atoms with Gasteiger partial charge in [0.05, 0.1) is 13.0 Å².